The van der Waals surface area contributed by atoms with Crippen molar-refractivity contribution in [2.45, 2.75) is 33.2 Å². The largest absolute Gasteiger partial charge is 0.465 e. The second-order valence-corrected chi connectivity index (χ2v) is 6.52. The lowest BCUT2D eigenvalue weighted by atomic mass is 10.1. The number of nitrogens with one attached hydrogen (secondary N) is 2. The molecule has 1 saturated heterocycles. The number of rotatable bonds is 5. The number of methoxy groups -OCH3 is 1. The highest BCUT2D eigenvalue weighted by molar-refractivity contribution is 6.00. The molecule has 7 nitrogen and oxygen atoms in total. The van der Waals surface area contributed by atoms with Gasteiger partial charge in [0.05, 0.1) is 12.7 Å². The number of nitrogens with zero attached hydrogens (tertiary/aromatic N) is 2. The molecule has 138 valence electrons. The Morgan fingerprint density at radius 2 is 2.00 bits per heavy atom. The van der Waals surface area contributed by atoms with Crippen molar-refractivity contribution in [1.82, 2.24) is 15.3 Å². The van der Waals surface area contributed by atoms with E-state index in [0.717, 1.165) is 24.5 Å². The topological polar surface area (TPSA) is 87.3 Å². The predicted molar refractivity (Wildman–Crippen MR) is 98.5 cm³/mol. The first-order valence-electron chi connectivity index (χ1n) is 8.76. The molecule has 0 radical (unpaired) electrons. The van der Waals surface area contributed by atoms with E-state index in [9.17, 15) is 9.59 Å². The minimum Gasteiger partial charge on any atom is -0.465 e. The van der Waals surface area contributed by atoms with Crippen molar-refractivity contribution in [1.29, 1.82) is 0 Å². The maximum Gasteiger partial charge on any atom is 0.339 e. The first kappa shape index (κ1) is 18.0. The van der Waals surface area contributed by atoms with Crippen LogP contribution in [0.2, 0.25) is 0 Å². The zero-order chi connectivity index (χ0) is 18.7. The van der Waals surface area contributed by atoms with Crippen LogP contribution in [-0.2, 0) is 11.3 Å². The minimum atomic E-state index is -0.447. The Morgan fingerprint density at radius 3 is 2.62 bits per heavy atom. The number of anilines is 1. The van der Waals surface area contributed by atoms with Gasteiger partial charge in [-0.2, -0.15) is 0 Å². The van der Waals surface area contributed by atoms with E-state index >= 15 is 0 Å². The Balaban J connectivity index is 1.64. The molecule has 0 spiro atoms. The highest BCUT2D eigenvalue weighted by Crippen LogP contribution is 2.19. The van der Waals surface area contributed by atoms with Crippen molar-refractivity contribution in [2.24, 2.45) is 0 Å². The van der Waals surface area contributed by atoms with E-state index in [0.29, 0.717) is 29.1 Å². The molecule has 2 aromatic rings. The molecular formula is C19H24N4O3. The molecule has 1 aliphatic heterocycles. The van der Waals surface area contributed by atoms with Crippen LogP contribution in [0, 0.1) is 13.8 Å². The van der Waals surface area contributed by atoms with Gasteiger partial charge in [0.2, 0.25) is 0 Å². The summed E-state index contributed by atoms with van der Waals surface area (Å²) in [6, 6.07) is 3.97. The normalized spacial score (nSPS) is 13.7. The number of aromatic amines is 1. The lowest BCUT2D eigenvalue weighted by Gasteiger charge is -2.16. The summed E-state index contributed by atoms with van der Waals surface area (Å²) in [5.74, 6) is 0.275. The van der Waals surface area contributed by atoms with Crippen molar-refractivity contribution < 1.29 is 14.3 Å². The van der Waals surface area contributed by atoms with Crippen molar-refractivity contribution in [3.8, 4) is 0 Å². The van der Waals surface area contributed by atoms with E-state index in [2.05, 4.69) is 20.2 Å². The smallest absolute Gasteiger partial charge is 0.339 e. The van der Waals surface area contributed by atoms with Crippen LogP contribution in [0.25, 0.3) is 0 Å². The number of hydrogen-bond acceptors (Lipinski definition) is 5. The Hall–Kier alpha value is -2.83. The molecule has 26 heavy (non-hydrogen) atoms. The van der Waals surface area contributed by atoms with Gasteiger partial charge in [-0.3, -0.25) is 4.79 Å². The Labute approximate surface area is 152 Å². The number of carbonyl (C=O) groups is 2. The van der Waals surface area contributed by atoms with Gasteiger partial charge in [0.15, 0.2) is 0 Å². The van der Waals surface area contributed by atoms with Gasteiger partial charge < -0.3 is 19.9 Å². The summed E-state index contributed by atoms with van der Waals surface area (Å²) >= 11 is 0. The van der Waals surface area contributed by atoms with Gasteiger partial charge in [-0.1, -0.05) is 6.07 Å². The number of esters is 1. The zero-order valence-electron chi connectivity index (χ0n) is 15.4. The summed E-state index contributed by atoms with van der Waals surface area (Å²) in [7, 11) is 1.33. The number of aryl methyl sites for hydroxylation is 1. The summed E-state index contributed by atoms with van der Waals surface area (Å²) in [5.41, 5.74) is 2.93. The molecule has 1 aliphatic rings. The quantitative estimate of drug-likeness (QED) is 0.803. The van der Waals surface area contributed by atoms with Crippen molar-refractivity contribution >= 4 is 17.7 Å². The second kappa shape index (κ2) is 7.59. The van der Waals surface area contributed by atoms with Crippen LogP contribution in [0.15, 0.2) is 18.3 Å². The first-order valence-corrected chi connectivity index (χ1v) is 8.76. The SMILES string of the molecule is COC(=O)c1c(C)[nH]c(C(=O)NCc2ccc(N3CCCC3)nc2)c1C. The average molecular weight is 356 g/mol. The number of hydrogen-bond donors (Lipinski definition) is 2. The number of H-pyrrole nitrogens is 1. The summed E-state index contributed by atoms with van der Waals surface area (Å²) in [4.78, 5) is 34.0. The highest BCUT2D eigenvalue weighted by Gasteiger charge is 2.22. The van der Waals surface area contributed by atoms with Crippen LogP contribution in [0.3, 0.4) is 0 Å². The fraction of sp³-hybridized carbons (Fsp3) is 0.421. The summed E-state index contributed by atoms with van der Waals surface area (Å²) < 4.78 is 4.77. The van der Waals surface area contributed by atoms with Gasteiger partial charge in [-0.25, -0.2) is 9.78 Å². The molecule has 0 saturated carbocycles. The van der Waals surface area contributed by atoms with Crippen LogP contribution in [0.4, 0.5) is 5.82 Å². The number of ether oxygens (including phenoxy) is 1. The third-order valence-electron chi connectivity index (χ3n) is 4.75. The summed E-state index contributed by atoms with van der Waals surface area (Å²) in [5, 5.41) is 2.87. The summed E-state index contributed by atoms with van der Waals surface area (Å²) in [6.45, 7) is 5.96. The molecular weight excluding hydrogens is 332 g/mol. The van der Waals surface area contributed by atoms with E-state index in [1.807, 2.05) is 12.1 Å². The predicted octanol–water partition coefficient (Wildman–Crippen LogP) is 2.34. The molecule has 0 unspecified atom stereocenters. The van der Waals surface area contributed by atoms with Crippen LogP contribution < -0.4 is 10.2 Å². The van der Waals surface area contributed by atoms with Crippen molar-refractivity contribution in [2.75, 3.05) is 25.1 Å². The number of carbonyl (C=O) groups excluding carboxylic acids is 2. The number of pyridine rings is 1. The van der Waals surface area contributed by atoms with Crippen LogP contribution in [0.1, 0.15) is 50.5 Å². The molecule has 2 aromatic heterocycles. The highest BCUT2D eigenvalue weighted by atomic mass is 16.5. The molecule has 3 heterocycles. The lowest BCUT2D eigenvalue weighted by molar-refractivity contribution is 0.0599. The second-order valence-electron chi connectivity index (χ2n) is 6.52. The lowest BCUT2D eigenvalue weighted by Crippen LogP contribution is -2.24. The van der Waals surface area contributed by atoms with Crippen LogP contribution >= 0.6 is 0 Å². The van der Waals surface area contributed by atoms with E-state index in [4.69, 9.17) is 4.74 Å². The number of amides is 1. The van der Waals surface area contributed by atoms with Gasteiger partial charge in [0, 0.05) is 31.5 Å². The molecule has 2 N–H and O–H groups in total. The molecule has 0 aliphatic carbocycles. The molecule has 0 aromatic carbocycles. The molecule has 7 heteroatoms. The van der Waals surface area contributed by atoms with Crippen LogP contribution in [-0.4, -0.2) is 42.0 Å². The maximum absolute atomic E-state index is 12.5. The Morgan fingerprint density at radius 1 is 1.27 bits per heavy atom. The monoisotopic (exact) mass is 356 g/mol. The maximum atomic E-state index is 12.5. The Kier molecular flexibility index (Phi) is 5.25. The van der Waals surface area contributed by atoms with Gasteiger partial charge in [0.25, 0.3) is 5.91 Å². The fourth-order valence-corrected chi connectivity index (χ4v) is 3.31. The van der Waals surface area contributed by atoms with Crippen LogP contribution in [0.5, 0.6) is 0 Å². The van der Waals surface area contributed by atoms with Crippen molar-refractivity contribution in [3.63, 3.8) is 0 Å². The molecule has 1 fully saturated rings. The molecule has 3 rings (SSSR count). The third-order valence-corrected chi connectivity index (χ3v) is 4.75. The third kappa shape index (κ3) is 3.56. The standard InChI is InChI=1S/C19H24N4O3/c1-12-16(19(25)26-3)13(2)22-17(12)18(24)21-11-14-6-7-15(20-10-14)23-8-4-5-9-23/h6-7,10,22H,4-5,8-9,11H2,1-3H3,(H,21,24). The zero-order valence-corrected chi connectivity index (χ0v) is 15.4. The average Bonchev–Trinajstić information content (AvgIpc) is 3.28. The molecule has 0 atom stereocenters. The first-order chi connectivity index (χ1) is 12.5. The summed E-state index contributed by atoms with van der Waals surface area (Å²) in [6.07, 6.45) is 4.21. The molecule has 1 amide bonds. The van der Waals surface area contributed by atoms with E-state index in [-0.39, 0.29) is 5.91 Å². The fourth-order valence-electron chi connectivity index (χ4n) is 3.31. The van der Waals surface area contributed by atoms with E-state index < -0.39 is 5.97 Å². The van der Waals surface area contributed by atoms with Crippen molar-refractivity contribution in [3.05, 3.63) is 46.4 Å². The van der Waals surface area contributed by atoms with E-state index in [1.165, 1.54) is 20.0 Å². The minimum absolute atomic E-state index is 0.260. The molecule has 0 bridgehead atoms. The number of aromatic nitrogens is 2. The van der Waals surface area contributed by atoms with Gasteiger partial charge in [-0.15, -0.1) is 0 Å². The van der Waals surface area contributed by atoms with E-state index in [1.54, 1.807) is 20.0 Å². The van der Waals surface area contributed by atoms with Gasteiger partial charge in [0.1, 0.15) is 11.5 Å². The Bertz CT molecular complexity index is 805. The van der Waals surface area contributed by atoms with Gasteiger partial charge >= 0.3 is 5.97 Å². The van der Waals surface area contributed by atoms with Gasteiger partial charge in [-0.05, 0) is 43.9 Å².